The Balaban J connectivity index is 0.000000282. The van der Waals surface area contributed by atoms with Crippen molar-refractivity contribution in [1.29, 1.82) is 0 Å². The van der Waals surface area contributed by atoms with Gasteiger partial charge in [-0.25, -0.2) is 0 Å². The molecular formula is C14H15ClNO4S+. The first kappa shape index (κ1) is 16.0. The second-order valence-electron chi connectivity index (χ2n) is 4.29. The third-order valence-corrected chi connectivity index (χ3v) is 3.84. The summed E-state index contributed by atoms with van der Waals surface area (Å²) in [7, 11) is -4.19. The first-order valence-corrected chi connectivity index (χ1v) is 8.10. The van der Waals surface area contributed by atoms with Gasteiger partial charge in [-0.3, -0.25) is 0 Å². The van der Waals surface area contributed by atoms with Crippen LogP contribution in [0.1, 0.15) is 12.5 Å². The maximum absolute atomic E-state index is 8.83. The molecule has 2 aromatic rings. The molecule has 0 atom stereocenters. The molecule has 0 radical (unpaired) electrons. The molecule has 0 bridgehead atoms. The van der Waals surface area contributed by atoms with Crippen molar-refractivity contribution in [3.8, 4) is 0 Å². The molecule has 0 unspecified atom stereocenters. The molecule has 1 aliphatic heterocycles. The Kier molecular flexibility index (Phi) is 5.00. The fourth-order valence-electron chi connectivity index (χ4n) is 1.91. The van der Waals surface area contributed by atoms with E-state index < -0.39 is 10.2 Å². The van der Waals surface area contributed by atoms with Crippen LogP contribution in [0.3, 0.4) is 0 Å². The number of hydrogen-bond acceptors (Lipinski definition) is 5. The molecule has 0 spiro atoms. The van der Waals surface area contributed by atoms with Crippen LogP contribution in [-0.2, 0) is 0 Å². The maximum atomic E-state index is 8.83. The van der Waals surface area contributed by atoms with Gasteiger partial charge >= 0.3 is 28.9 Å². The quantitative estimate of drug-likeness (QED) is 0.616. The van der Waals surface area contributed by atoms with Gasteiger partial charge in [-0.1, -0.05) is 18.2 Å². The van der Waals surface area contributed by atoms with Crippen LogP contribution in [0.4, 0.5) is 0 Å². The van der Waals surface area contributed by atoms with E-state index in [4.69, 9.17) is 18.6 Å². The Labute approximate surface area is 128 Å². The predicted molar refractivity (Wildman–Crippen MR) is 73.7 cm³/mol. The predicted octanol–water partition coefficient (Wildman–Crippen LogP) is 0.597. The second-order valence-corrected chi connectivity index (χ2v) is 6.22. The summed E-state index contributed by atoms with van der Waals surface area (Å²) in [4.78, 5) is 1.33. The van der Waals surface area contributed by atoms with Crippen molar-refractivity contribution in [2.45, 2.75) is 16.8 Å². The second kappa shape index (κ2) is 6.57. The number of pyridine rings is 1. The first-order chi connectivity index (χ1) is 9.84. The van der Waals surface area contributed by atoms with Crippen molar-refractivity contribution in [2.75, 3.05) is 0 Å². The average Bonchev–Trinajstić information content (AvgIpc) is 2.53. The van der Waals surface area contributed by atoms with Crippen molar-refractivity contribution in [1.82, 2.24) is 0 Å². The SMILES string of the molecule is CC1=C[n+]2ccccc2Sc2ccccc21.[O-][Cl+](O)(O)O. The first-order valence-electron chi connectivity index (χ1n) is 5.96. The van der Waals surface area contributed by atoms with E-state index in [1.54, 1.807) is 0 Å². The van der Waals surface area contributed by atoms with Crippen LogP contribution >= 0.6 is 11.8 Å². The van der Waals surface area contributed by atoms with E-state index in [0.29, 0.717) is 0 Å². The van der Waals surface area contributed by atoms with Crippen molar-refractivity contribution in [3.05, 3.63) is 54.2 Å². The number of hydrogen-bond donors (Lipinski definition) is 3. The van der Waals surface area contributed by atoms with Gasteiger partial charge in [0.1, 0.15) is 0 Å². The summed E-state index contributed by atoms with van der Waals surface area (Å²) in [5.74, 6) is 0. The molecule has 2 heterocycles. The minimum atomic E-state index is -4.19. The molecule has 1 aromatic carbocycles. The van der Waals surface area contributed by atoms with Crippen LogP contribution in [0, 0.1) is 10.2 Å². The van der Waals surface area contributed by atoms with Crippen molar-refractivity contribution < 1.29 is 33.4 Å². The van der Waals surface area contributed by atoms with Gasteiger partial charge in [0.15, 0.2) is 12.4 Å². The summed E-state index contributed by atoms with van der Waals surface area (Å²) >= 11 is 1.82. The molecule has 0 saturated heterocycles. The zero-order valence-corrected chi connectivity index (χ0v) is 12.8. The van der Waals surface area contributed by atoms with Gasteiger partial charge in [-0.15, -0.1) is 0 Å². The van der Waals surface area contributed by atoms with E-state index >= 15 is 0 Å². The molecule has 0 amide bonds. The molecule has 3 N–H and O–H groups in total. The molecule has 5 nitrogen and oxygen atoms in total. The molecule has 1 aliphatic rings. The van der Waals surface area contributed by atoms with Crippen LogP contribution in [-0.4, -0.2) is 14.0 Å². The molecule has 3 rings (SSSR count). The van der Waals surface area contributed by atoms with Crippen LogP contribution in [0.25, 0.3) is 11.8 Å². The van der Waals surface area contributed by atoms with Gasteiger partial charge in [-0.05, 0) is 36.4 Å². The van der Waals surface area contributed by atoms with Gasteiger partial charge in [-0.2, -0.15) is 4.57 Å². The summed E-state index contributed by atoms with van der Waals surface area (Å²) in [6, 6.07) is 14.8. The van der Waals surface area contributed by atoms with Gasteiger partial charge in [0.25, 0.3) is 0 Å². The molecule has 112 valence electrons. The number of aromatic nitrogens is 1. The Morgan fingerprint density at radius 1 is 1.05 bits per heavy atom. The summed E-state index contributed by atoms with van der Waals surface area (Å²) in [5.41, 5.74) is 2.63. The molecule has 0 aliphatic carbocycles. The summed E-state index contributed by atoms with van der Waals surface area (Å²) in [5, 5.41) is 1.26. The summed E-state index contributed by atoms with van der Waals surface area (Å²) < 4.78 is 32.4. The van der Waals surface area contributed by atoms with Crippen LogP contribution in [0.2, 0.25) is 0 Å². The van der Waals surface area contributed by atoms with E-state index in [0.717, 1.165) is 0 Å². The van der Waals surface area contributed by atoms with Crippen LogP contribution in [0.15, 0.2) is 58.6 Å². The van der Waals surface area contributed by atoms with E-state index in [-0.39, 0.29) is 0 Å². The fraction of sp³-hybridized carbons (Fsp3) is 0.0714. The Hall–Kier alpha value is -1.41. The number of benzene rings is 1. The molecular weight excluding hydrogens is 314 g/mol. The van der Waals surface area contributed by atoms with Crippen molar-refractivity contribution in [3.63, 3.8) is 0 Å². The van der Waals surface area contributed by atoms with E-state index in [2.05, 4.69) is 66.4 Å². The van der Waals surface area contributed by atoms with Crippen LogP contribution in [0.5, 0.6) is 0 Å². The van der Waals surface area contributed by atoms with Gasteiger partial charge in [0.05, 0.1) is 0 Å². The third-order valence-electron chi connectivity index (χ3n) is 2.71. The Morgan fingerprint density at radius 3 is 2.38 bits per heavy atom. The molecule has 7 heteroatoms. The Morgan fingerprint density at radius 2 is 1.67 bits per heavy atom. The Bertz CT molecular complexity index is 664. The third kappa shape index (κ3) is 4.82. The van der Waals surface area contributed by atoms with Crippen molar-refractivity contribution >= 4 is 23.5 Å². The average molecular weight is 329 g/mol. The van der Waals surface area contributed by atoms with E-state index in [1.165, 1.54) is 21.1 Å². The van der Waals surface area contributed by atoms with Gasteiger partial charge < -0.3 is 0 Å². The van der Waals surface area contributed by atoms with Gasteiger partial charge in [0, 0.05) is 22.6 Å². The molecule has 21 heavy (non-hydrogen) atoms. The van der Waals surface area contributed by atoms with E-state index in [9.17, 15) is 0 Å². The normalized spacial score (nSPS) is 13.9. The zero-order valence-electron chi connectivity index (χ0n) is 11.2. The molecule has 0 saturated carbocycles. The number of nitrogens with zero attached hydrogens (tertiary/aromatic N) is 1. The number of allylic oxidation sites excluding steroid dienone is 1. The van der Waals surface area contributed by atoms with Crippen LogP contribution < -0.4 is 9.23 Å². The van der Waals surface area contributed by atoms with E-state index in [1.807, 2.05) is 11.8 Å². The summed E-state index contributed by atoms with van der Waals surface area (Å²) in [6.07, 6.45) is 4.28. The summed E-state index contributed by atoms with van der Waals surface area (Å²) in [6.45, 7) is 2.16. The fourth-order valence-corrected chi connectivity index (χ4v) is 2.98. The molecule has 1 aromatic heterocycles. The molecule has 0 fully saturated rings. The van der Waals surface area contributed by atoms with Gasteiger partial charge in [0.2, 0.25) is 5.03 Å². The standard InChI is InChI=1S/C14H12NS.ClH3O4/c1-11-10-15-9-5-4-8-14(15)16-13-7-3-2-6-12(11)13;2-1(3,4)5/h2-10H,1H3;2-4H/q+1;. The zero-order chi connectivity index (χ0) is 15.5. The number of rotatable bonds is 0. The monoisotopic (exact) mass is 328 g/mol. The topological polar surface area (TPSA) is 87.6 Å². The minimum absolute atomic E-state index is 1.26. The van der Waals surface area contributed by atoms with Crippen molar-refractivity contribution in [2.24, 2.45) is 0 Å². The number of halogens is 1. The number of fused-ring (bicyclic) bond motifs is 2.